The Bertz CT molecular complexity index is 1050. The molecule has 0 aliphatic rings. The maximum atomic E-state index is 12.1. The van der Waals surface area contributed by atoms with Gasteiger partial charge in [0.05, 0.1) is 18.5 Å². The van der Waals surface area contributed by atoms with Crippen molar-refractivity contribution in [2.45, 2.75) is 13.1 Å². The Hall–Kier alpha value is -3.61. The van der Waals surface area contributed by atoms with Gasteiger partial charge in [-0.25, -0.2) is 4.98 Å². The largest absolute Gasteiger partial charge is 0.467 e. The van der Waals surface area contributed by atoms with Crippen LogP contribution in [0, 0.1) is 0 Å². The summed E-state index contributed by atoms with van der Waals surface area (Å²) in [4.78, 5) is 16.5. The number of aromatic nitrogens is 4. The Kier molecular flexibility index (Phi) is 4.57. The number of hydrogen-bond donors (Lipinski definition) is 1. The second-order valence-electron chi connectivity index (χ2n) is 6.20. The second kappa shape index (κ2) is 7.33. The molecule has 136 valence electrons. The van der Waals surface area contributed by atoms with E-state index in [4.69, 9.17) is 4.42 Å². The van der Waals surface area contributed by atoms with Gasteiger partial charge in [0.1, 0.15) is 18.1 Å². The summed E-state index contributed by atoms with van der Waals surface area (Å²) in [5.74, 6) is 1.49. The smallest absolute Gasteiger partial charge is 0.242 e. The van der Waals surface area contributed by atoms with Crippen LogP contribution in [-0.4, -0.2) is 25.2 Å². The number of benzene rings is 1. The van der Waals surface area contributed by atoms with Gasteiger partial charge in [-0.05, 0) is 24.3 Å². The summed E-state index contributed by atoms with van der Waals surface area (Å²) < 4.78 is 8.80. The molecule has 0 radical (unpaired) electrons. The summed E-state index contributed by atoms with van der Waals surface area (Å²) in [6.07, 6.45) is 7.08. The lowest BCUT2D eigenvalue weighted by molar-refractivity contribution is -0.122. The van der Waals surface area contributed by atoms with Gasteiger partial charge in [0.2, 0.25) is 5.91 Å². The molecule has 0 unspecified atom stereocenters. The first-order valence-electron chi connectivity index (χ1n) is 8.60. The number of hydrogen-bond acceptors (Lipinski definition) is 4. The van der Waals surface area contributed by atoms with Gasteiger partial charge in [-0.2, -0.15) is 5.10 Å². The van der Waals surface area contributed by atoms with E-state index in [2.05, 4.69) is 15.4 Å². The second-order valence-corrected chi connectivity index (χ2v) is 6.20. The molecule has 1 aromatic carbocycles. The van der Waals surface area contributed by atoms with Crippen LogP contribution in [-0.2, 0) is 24.9 Å². The predicted octanol–water partition coefficient (Wildman–Crippen LogP) is 2.86. The first-order valence-corrected chi connectivity index (χ1v) is 8.60. The molecule has 3 aromatic heterocycles. The zero-order chi connectivity index (χ0) is 18.6. The van der Waals surface area contributed by atoms with E-state index >= 15 is 0 Å². The highest BCUT2D eigenvalue weighted by Gasteiger charge is 2.09. The Labute approximate surface area is 156 Å². The van der Waals surface area contributed by atoms with E-state index in [9.17, 15) is 4.79 Å². The van der Waals surface area contributed by atoms with Gasteiger partial charge >= 0.3 is 0 Å². The highest BCUT2D eigenvalue weighted by molar-refractivity contribution is 5.75. The third-order valence-corrected chi connectivity index (χ3v) is 4.22. The quantitative estimate of drug-likeness (QED) is 0.573. The summed E-state index contributed by atoms with van der Waals surface area (Å²) in [7, 11) is 1.96. The molecule has 4 rings (SSSR count). The van der Waals surface area contributed by atoms with E-state index in [1.54, 1.807) is 29.4 Å². The van der Waals surface area contributed by atoms with E-state index in [0.717, 1.165) is 28.4 Å². The SMILES string of the molecule is Cn1ccnc1-c1cccc(-c2ccn(CC(=O)NCc3ccco3)n2)c1. The Morgan fingerprint density at radius 2 is 2.04 bits per heavy atom. The topological polar surface area (TPSA) is 77.9 Å². The van der Waals surface area contributed by atoms with E-state index < -0.39 is 0 Å². The van der Waals surface area contributed by atoms with E-state index in [0.29, 0.717) is 6.54 Å². The first kappa shape index (κ1) is 16.8. The van der Waals surface area contributed by atoms with Crippen LogP contribution in [0.2, 0.25) is 0 Å². The molecule has 0 atom stereocenters. The molecule has 1 amide bonds. The summed E-state index contributed by atoms with van der Waals surface area (Å²) >= 11 is 0. The van der Waals surface area contributed by atoms with Gasteiger partial charge in [-0.3, -0.25) is 9.48 Å². The number of rotatable bonds is 6. The lowest BCUT2D eigenvalue weighted by atomic mass is 10.1. The highest BCUT2D eigenvalue weighted by atomic mass is 16.3. The average molecular weight is 361 g/mol. The van der Waals surface area contributed by atoms with E-state index in [1.165, 1.54) is 0 Å². The van der Waals surface area contributed by atoms with E-state index in [-0.39, 0.29) is 12.5 Å². The molecule has 0 fully saturated rings. The summed E-state index contributed by atoms with van der Waals surface area (Å²) in [5.41, 5.74) is 2.81. The number of furan rings is 1. The highest BCUT2D eigenvalue weighted by Crippen LogP contribution is 2.24. The third kappa shape index (κ3) is 3.82. The molecule has 0 bridgehead atoms. The van der Waals surface area contributed by atoms with Crippen molar-refractivity contribution in [1.29, 1.82) is 0 Å². The molecule has 0 saturated heterocycles. The van der Waals surface area contributed by atoms with E-state index in [1.807, 2.05) is 54.2 Å². The Balaban J connectivity index is 1.45. The molecule has 4 aromatic rings. The minimum Gasteiger partial charge on any atom is -0.467 e. The molecule has 27 heavy (non-hydrogen) atoms. The van der Waals surface area contributed by atoms with Crippen molar-refractivity contribution >= 4 is 5.91 Å². The van der Waals surface area contributed by atoms with Gasteiger partial charge in [-0.15, -0.1) is 0 Å². The fourth-order valence-electron chi connectivity index (χ4n) is 2.87. The number of aryl methyl sites for hydroxylation is 1. The van der Waals surface area contributed by atoms with Gasteiger partial charge < -0.3 is 14.3 Å². The lowest BCUT2D eigenvalue weighted by Gasteiger charge is -2.05. The van der Waals surface area contributed by atoms with Crippen LogP contribution in [0.5, 0.6) is 0 Å². The molecular weight excluding hydrogens is 342 g/mol. The minimum absolute atomic E-state index is 0.122. The lowest BCUT2D eigenvalue weighted by Crippen LogP contribution is -2.27. The van der Waals surface area contributed by atoms with Crippen LogP contribution in [0.3, 0.4) is 0 Å². The number of carbonyl (C=O) groups excluding carboxylic acids is 1. The van der Waals surface area contributed by atoms with Crippen molar-refractivity contribution in [3.63, 3.8) is 0 Å². The standard InChI is InChI=1S/C20H19N5O2/c1-24-10-8-21-20(24)16-5-2-4-15(12-16)18-7-9-25(23-18)14-19(26)22-13-17-6-3-11-27-17/h2-12H,13-14H2,1H3,(H,22,26). The predicted molar refractivity (Wildman–Crippen MR) is 100 cm³/mol. The summed E-state index contributed by atoms with van der Waals surface area (Å²) in [5, 5.41) is 7.33. The van der Waals surface area contributed by atoms with Gasteiger partial charge in [-0.1, -0.05) is 18.2 Å². The zero-order valence-electron chi connectivity index (χ0n) is 14.9. The molecule has 0 aliphatic heterocycles. The molecule has 0 spiro atoms. The Morgan fingerprint density at radius 1 is 1.15 bits per heavy atom. The molecule has 0 aliphatic carbocycles. The fraction of sp³-hybridized carbons (Fsp3) is 0.150. The number of nitrogens with zero attached hydrogens (tertiary/aromatic N) is 4. The average Bonchev–Trinajstić information content (AvgIpc) is 3.42. The Morgan fingerprint density at radius 3 is 2.81 bits per heavy atom. The van der Waals surface area contributed by atoms with Crippen LogP contribution < -0.4 is 5.32 Å². The van der Waals surface area contributed by atoms with Gasteiger partial charge in [0.15, 0.2) is 0 Å². The van der Waals surface area contributed by atoms with Gasteiger partial charge in [0.25, 0.3) is 0 Å². The maximum absolute atomic E-state index is 12.1. The fourth-order valence-corrected chi connectivity index (χ4v) is 2.87. The van der Waals surface area contributed by atoms with Crippen molar-refractivity contribution < 1.29 is 9.21 Å². The third-order valence-electron chi connectivity index (χ3n) is 4.22. The maximum Gasteiger partial charge on any atom is 0.242 e. The monoisotopic (exact) mass is 361 g/mol. The van der Waals surface area contributed by atoms with Crippen molar-refractivity contribution in [3.8, 4) is 22.6 Å². The van der Waals surface area contributed by atoms with Crippen LogP contribution in [0.4, 0.5) is 0 Å². The van der Waals surface area contributed by atoms with Crippen LogP contribution in [0.25, 0.3) is 22.6 Å². The van der Waals surface area contributed by atoms with Crippen LogP contribution in [0.1, 0.15) is 5.76 Å². The van der Waals surface area contributed by atoms with Crippen molar-refractivity contribution in [3.05, 3.63) is 73.1 Å². The molecular formula is C20H19N5O2. The normalized spacial score (nSPS) is 10.9. The molecule has 7 nitrogen and oxygen atoms in total. The molecule has 3 heterocycles. The minimum atomic E-state index is -0.122. The summed E-state index contributed by atoms with van der Waals surface area (Å²) in [6, 6.07) is 13.6. The first-order chi connectivity index (χ1) is 13.2. The summed E-state index contributed by atoms with van der Waals surface area (Å²) in [6.45, 7) is 0.519. The number of nitrogens with one attached hydrogen (secondary N) is 1. The molecule has 1 N–H and O–H groups in total. The molecule has 0 saturated carbocycles. The van der Waals surface area contributed by atoms with Crippen LogP contribution in [0.15, 0.2) is 71.7 Å². The molecule has 7 heteroatoms. The number of carbonyl (C=O) groups is 1. The van der Waals surface area contributed by atoms with Gasteiger partial charge in [0, 0.05) is 36.8 Å². The number of imidazole rings is 1. The van der Waals surface area contributed by atoms with Crippen molar-refractivity contribution in [1.82, 2.24) is 24.6 Å². The van der Waals surface area contributed by atoms with Crippen molar-refractivity contribution in [2.75, 3.05) is 0 Å². The number of amides is 1. The zero-order valence-corrected chi connectivity index (χ0v) is 14.9. The van der Waals surface area contributed by atoms with Crippen molar-refractivity contribution in [2.24, 2.45) is 7.05 Å². The van der Waals surface area contributed by atoms with Crippen LogP contribution >= 0.6 is 0 Å².